The van der Waals surface area contributed by atoms with Crippen molar-refractivity contribution in [1.29, 1.82) is 0 Å². The average molecular weight is 224 g/mol. The molecule has 0 atom stereocenters. The van der Waals surface area contributed by atoms with E-state index in [0.717, 1.165) is 13.0 Å². The van der Waals surface area contributed by atoms with Crippen molar-refractivity contribution in [2.75, 3.05) is 0 Å². The molecule has 0 unspecified atom stereocenters. The fourth-order valence-electron chi connectivity index (χ4n) is 1.41. The molecule has 5 nitrogen and oxygen atoms in total. The van der Waals surface area contributed by atoms with Crippen molar-refractivity contribution in [1.82, 2.24) is 15.0 Å². The molecule has 0 saturated heterocycles. The molecule has 1 aromatic heterocycles. The van der Waals surface area contributed by atoms with Gasteiger partial charge >= 0.3 is 0 Å². The third-order valence-corrected chi connectivity index (χ3v) is 2.34. The van der Waals surface area contributed by atoms with Crippen molar-refractivity contribution in [3.05, 3.63) is 11.9 Å². The predicted octanol–water partition coefficient (Wildman–Crippen LogP) is 1.39. The summed E-state index contributed by atoms with van der Waals surface area (Å²) in [7, 11) is 0. The van der Waals surface area contributed by atoms with Crippen LogP contribution in [0.15, 0.2) is 6.20 Å². The van der Waals surface area contributed by atoms with Gasteiger partial charge in [0.1, 0.15) is 5.69 Å². The Bertz CT molecular complexity index is 351. The van der Waals surface area contributed by atoms with E-state index in [1.807, 2.05) is 20.8 Å². The molecule has 0 aliphatic carbocycles. The Labute approximate surface area is 96.0 Å². The smallest absolute Gasteiger partial charge is 0.182 e. The van der Waals surface area contributed by atoms with Crippen LogP contribution in [-0.4, -0.2) is 26.3 Å². The van der Waals surface area contributed by atoms with Crippen LogP contribution < -0.4 is 5.73 Å². The molecule has 90 valence electrons. The molecule has 1 heterocycles. The maximum atomic E-state index is 11.9. The molecule has 0 fully saturated rings. The number of nitrogens with two attached hydrogens (primary N) is 1. The van der Waals surface area contributed by atoms with E-state index in [1.165, 1.54) is 6.20 Å². The van der Waals surface area contributed by atoms with Gasteiger partial charge in [0.2, 0.25) is 0 Å². The van der Waals surface area contributed by atoms with E-state index < -0.39 is 0 Å². The fraction of sp³-hybridized carbons (Fsp3) is 0.727. The summed E-state index contributed by atoms with van der Waals surface area (Å²) < 4.78 is 1.66. The molecule has 5 heteroatoms. The Balaban J connectivity index is 2.62. The van der Waals surface area contributed by atoms with E-state index >= 15 is 0 Å². The maximum absolute atomic E-state index is 11.9. The van der Waals surface area contributed by atoms with E-state index in [-0.39, 0.29) is 11.3 Å². The number of Topliss-reactive ketones (excluding diaryl/α,β-unsaturated/α-hetero) is 1. The Morgan fingerprint density at radius 1 is 1.56 bits per heavy atom. The molecular weight excluding hydrogens is 204 g/mol. The number of aromatic nitrogens is 3. The topological polar surface area (TPSA) is 73.8 Å². The van der Waals surface area contributed by atoms with Crippen molar-refractivity contribution < 1.29 is 4.79 Å². The van der Waals surface area contributed by atoms with Gasteiger partial charge in [0.25, 0.3) is 0 Å². The van der Waals surface area contributed by atoms with Gasteiger partial charge in [-0.2, -0.15) is 0 Å². The predicted molar refractivity (Wildman–Crippen MR) is 62.1 cm³/mol. The third kappa shape index (κ3) is 3.73. The average Bonchev–Trinajstić information content (AvgIpc) is 2.62. The summed E-state index contributed by atoms with van der Waals surface area (Å²) >= 11 is 0. The minimum atomic E-state index is -0.307. The molecule has 0 radical (unpaired) electrons. The highest BCUT2D eigenvalue weighted by atomic mass is 16.1. The second-order valence-electron chi connectivity index (χ2n) is 4.75. The Kier molecular flexibility index (Phi) is 4.18. The fourth-order valence-corrected chi connectivity index (χ4v) is 1.41. The molecule has 0 bridgehead atoms. The van der Waals surface area contributed by atoms with Crippen LogP contribution in [0.25, 0.3) is 0 Å². The number of carbonyl (C=O) groups is 1. The lowest BCUT2D eigenvalue weighted by Gasteiger charge is -2.17. The van der Waals surface area contributed by atoms with Gasteiger partial charge in [-0.15, -0.1) is 5.10 Å². The SMILES string of the molecule is CCCn1nncc1C(=O)CCC(C)(C)N. The zero-order valence-corrected chi connectivity index (χ0v) is 10.2. The largest absolute Gasteiger partial charge is 0.326 e. The first-order valence-corrected chi connectivity index (χ1v) is 5.64. The Hall–Kier alpha value is -1.23. The number of carbonyl (C=O) groups excluding carboxylic acids is 1. The van der Waals surface area contributed by atoms with Gasteiger partial charge in [0.15, 0.2) is 5.78 Å². The first kappa shape index (κ1) is 12.8. The lowest BCUT2D eigenvalue weighted by molar-refractivity contribution is 0.0962. The summed E-state index contributed by atoms with van der Waals surface area (Å²) in [5.74, 6) is 0.0666. The molecule has 0 spiro atoms. The van der Waals surface area contributed by atoms with Gasteiger partial charge in [-0.25, -0.2) is 4.68 Å². The summed E-state index contributed by atoms with van der Waals surface area (Å²) in [6.07, 6.45) is 3.58. The molecule has 0 aromatic carbocycles. The maximum Gasteiger partial charge on any atom is 0.182 e. The van der Waals surface area contributed by atoms with Gasteiger partial charge in [-0.05, 0) is 26.7 Å². The van der Waals surface area contributed by atoms with Crippen molar-refractivity contribution in [3.63, 3.8) is 0 Å². The highest BCUT2D eigenvalue weighted by Crippen LogP contribution is 2.11. The summed E-state index contributed by atoms with van der Waals surface area (Å²) in [5.41, 5.74) is 6.13. The Morgan fingerprint density at radius 3 is 2.81 bits per heavy atom. The minimum absolute atomic E-state index is 0.0666. The van der Waals surface area contributed by atoms with Gasteiger partial charge in [0.05, 0.1) is 6.20 Å². The molecule has 0 aliphatic heterocycles. The molecular formula is C11H20N4O. The zero-order valence-electron chi connectivity index (χ0n) is 10.2. The van der Waals surface area contributed by atoms with Crippen LogP contribution in [0.2, 0.25) is 0 Å². The number of rotatable bonds is 6. The van der Waals surface area contributed by atoms with E-state index in [4.69, 9.17) is 5.73 Å². The van der Waals surface area contributed by atoms with Crippen molar-refractivity contribution in [2.24, 2.45) is 5.73 Å². The van der Waals surface area contributed by atoms with Gasteiger partial charge in [-0.1, -0.05) is 12.1 Å². The molecule has 16 heavy (non-hydrogen) atoms. The van der Waals surface area contributed by atoms with Crippen molar-refractivity contribution in [2.45, 2.75) is 52.1 Å². The lowest BCUT2D eigenvalue weighted by Crippen LogP contribution is -2.32. The van der Waals surface area contributed by atoms with E-state index in [0.29, 0.717) is 18.5 Å². The molecule has 1 rings (SSSR count). The summed E-state index contributed by atoms with van der Waals surface area (Å²) in [6, 6.07) is 0. The normalized spacial score (nSPS) is 11.8. The van der Waals surface area contributed by atoms with E-state index in [9.17, 15) is 4.79 Å². The highest BCUT2D eigenvalue weighted by molar-refractivity contribution is 5.94. The standard InChI is InChI=1S/C11H20N4O/c1-4-7-15-9(8-13-14-15)10(16)5-6-11(2,3)12/h8H,4-7,12H2,1-3H3. The molecule has 0 saturated carbocycles. The van der Waals surface area contributed by atoms with Crippen LogP contribution in [0, 0.1) is 0 Å². The van der Waals surface area contributed by atoms with E-state index in [1.54, 1.807) is 4.68 Å². The molecule has 0 aliphatic rings. The van der Waals surface area contributed by atoms with Crippen molar-refractivity contribution >= 4 is 5.78 Å². The second kappa shape index (κ2) is 5.21. The first-order valence-electron chi connectivity index (χ1n) is 5.64. The second-order valence-corrected chi connectivity index (χ2v) is 4.75. The summed E-state index contributed by atoms with van der Waals surface area (Å²) in [6.45, 7) is 6.61. The molecule has 2 N–H and O–H groups in total. The van der Waals surface area contributed by atoms with Crippen LogP contribution in [0.4, 0.5) is 0 Å². The number of hydrogen-bond donors (Lipinski definition) is 1. The highest BCUT2D eigenvalue weighted by Gasteiger charge is 2.17. The number of aryl methyl sites for hydroxylation is 1. The zero-order chi connectivity index (χ0) is 12.2. The number of ketones is 1. The number of hydrogen-bond acceptors (Lipinski definition) is 4. The lowest BCUT2D eigenvalue weighted by atomic mass is 9.98. The van der Waals surface area contributed by atoms with Crippen LogP contribution in [-0.2, 0) is 6.54 Å². The van der Waals surface area contributed by atoms with Crippen molar-refractivity contribution in [3.8, 4) is 0 Å². The van der Waals surface area contributed by atoms with Gasteiger partial charge < -0.3 is 5.73 Å². The van der Waals surface area contributed by atoms with Crippen LogP contribution >= 0.6 is 0 Å². The monoisotopic (exact) mass is 224 g/mol. The summed E-state index contributed by atoms with van der Waals surface area (Å²) in [4.78, 5) is 11.9. The quantitative estimate of drug-likeness (QED) is 0.741. The van der Waals surface area contributed by atoms with Crippen LogP contribution in [0.3, 0.4) is 0 Å². The van der Waals surface area contributed by atoms with Crippen LogP contribution in [0.1, 0.15) is 50.5 Å². The van der Waals surface area contributed by atoms with Gasteiger partial charge in [-0.3, -0.25) is 4.79 Å². The molecule has 1 aromatic rings. The minimum Gasteiger partial charge on any atom is -0.326 e. The first-order chi connectivity index (χ1) is 7.44. The molecule has 0 amide bonds. The summed E-state index contributed by atoms with van der Waals surface area (Å²) in [5, 5.41) is 7.65. The number of nitrogens with zero attached hydrogens (tertiary/aromatic N) is 3. The van der Waals surface area contributed by atoms with Crippen LogP contribution in [0.5, 0.6) is 0 Å². The Morgan fingerprint density at radius 2 is 2.25 bits per heavy atom. The third-order valence-electron chi connectivity index (χ3n) is 2.34. The van der Waals surface area contributed by atoms with Gasteiger partial charge in [0, 0.05) is 18.5 Å². The van der Waals surface area contributed by atoms with E-state index in [2.05, 4.69) is 10.3 Å².